The van der Waals surface area contributed by atoms with Gasteiger partial charge < -0.3 is 4.90 Å². The highest BCUT2D eigenvalue weighted by Crippen LogP contribution is 2.27. The number of nitrogens with zero attached hydrogens (tertiary/aromatic N) is 1. The van der Waals surface area contributed by atoms with E-state index in [-0.39, 0.29) is 5.12 Å². The lowest BCUT2D eigenvalue weighted by molar-refractivity contribution is -0.109. The highest BCUT2D eigenvalue weighted by Gasteiger charge is 2.23. The topological polar surface area (TPSA) is 20.3 Å². The first-order chi connectivity index (χ1) is 7.25. The molecule has 0 radical (unpaired) electrons. The molecular formula is C12H15NOS. The first-order valence-electron chi connectivity index (χ1n) is 5.23. The number of hydrogen-bond donors (Lipinski definition) is 0. The Labute approximate surface area is 94.7 Å². The quantitative estimate of drug-likeness (QED) is 0.765. The lowest BCUT2D eigenvalue weighted by atomic mass is 10.3. The predicted octanol–water partition coefficient (Wildman–Crippen LogP) is 2.55. The molecule has 1 aliphatic rings. The average Bonchev–Trinajstić information content (AvgIpc) is 2.67. The summed E-state index contributed by atoms with van der Waals surface area (Å²) in [7, 11) is 0. The van der Waals surface area contributed by atoms with Crippen molar-refractivity contribution in [2.45, 2.75) is 18.6 Å². The van der Waals surface area contributed by atoms with Gasteiger partial charge in [-0.25, -0.2) is 0 Å². The maximum absolute atomic E-state index is 11.0. The predicted molar refractivity (Wildman–Crippen MR) is 65.3 cm³/mol. The Hall–Kier alpha value is -0.960. The van der Waals surface area contributed by atoms with E-state index >= 15 is 0 Å². The number of anilines is 1. The molecule has 1 heterocycles. The van der Waals surface area contributed by atoms with Crippen LogP contribution in [0.1, 0.15) is 13.3 Å². The van der Waals surface area contributed by atoms with Crippen LogP contribution in [0, 0.1) is 0 Å². The van der Waals surface area contributed by atoms with Gasteiger partial charge in [0.2, 0.25) is 0 Å². The van der Waals surface area contributed by atoms with Crippen molar-refractivity contribution in [2.75, 3.05) is 18.0 Å². The lowest BCUT2D eigenvalue weighted by Crippen LogP contribution is -2.20. The van der Waals surface area contributed by atoms with E-state index in [9.17, 15) is 4.79 Å². The molecule has 0 amide bonds. The summed E-state index contributed by atoms with van der Waals surface area (Å²) in [6.07, 6.45) is 1.11. The van der Waals surface area contributed by atoms with Crippen molar-refractivity contribution in [1.29, 1.82) is 0 Å². The van der Waals surface area contributed by atoms with Gasteiger partial charge >= 0.3 is 0 Å². The van der Waals surface area contributed by atoms with E-state index in [1.54, 1.807) is 6.92 Å². The summed E-state index contributed by atoms with van der Waals surface area (Å²) >= 11 is 1.48. The van der Waals surface area contributed by atoms with Gasteiger partial charge in [0, 0.05) is 31.0 Å². The summed E-state index contributed by atoms with van der Waals surface area (Å²) in [6.45, 7) is 3.71. The molecule has 0 N–H and O–H groups in total. The first kappa shape index (κ1) is 10.6. The van der Waals surface area contributed by atoms with Crippen molar-refractivity contribution in [3.8, 4) is 0 Å². The van der Waals surface area contributed by atoms with Crippen molar-refractivity contribution in [1.82, 2.24) is 0 Å². The summed E-state index contributed by atoms with van der Waals surface area (Å²) in [5.74, 6) is 0. The van der Waals surface area contributed by atoms with Crippen LogP contribution in [-0.2, 0) is 4.79 Å². The molecule has 2 rings (SSSR count). The van der Waals surface area contributed by atoms with Crippen molar-refractivity contribution >= 4 is 22.6 Å². The van der Waals surface area contributed by atoms with Crippen LogP contribution in [0.25, 0.3) is 0 Å². The number of hydrogen-bond acceptors (Lipinski definition) is 3. The van der Waals surface area contributed by atoms with Gasteiger partial charge in [0.25, 0.3) is 0 Å². The third-order valence-electron chi connectivity index (χ3n) is 2.60. The summed E-state index contributed by atoms with van der Waals surface area (Å²) in [5, 5.41) is 0.706. The molecule has 1 aromatic carbocycles. The molecule has 1 unspecified atom stereocenters. The fourth-order valence-corrected chi connectivity index (χ4v) is 2.88. The molecular weight excluding hydrogens is 206 g/mol. The van der Waals surface area contributed by atoms with Crippen molar-refractivity contribution in [2.24, 2.45) is 0 Å². The van der Waals surface area contributed by atoms with Crippen molar-refractivity contribution in [3.05, 3.63) is 30.3 Å². The molecule has 0 saturated carbocycles. The molecule has 80 valence electrons. The normalized spacial score (nSPS) is 20.6. The molecule has 1 saturated heterocycles. The molecule has 1 atom stereocenters. The minimum atomic E-state index is 0.231. The molecule has 3 heteroatoms. The van der Waals surface area contributed by atoms with E-state index in [2.05, 4.69) is 29.2 Å². The van der Waals surface area contributed by atoms with Crippen LogP contribution >= 0.6 is 11.8 Å². The number of rotatable bonds is 2. The molecule has 0 bridgehead atoms. The SMILES string of the molecule is CC(=O)SC1CCN(c2ccccc2)C1. The Morgan fingerprint density at radius 1 is 1.40 bits per heavy atom. The Morgan fingerprint density at radius 3 is 2.80 bits per heavy atom. The highest BCUT2D eigenvalue weighted by molar-refractivity contribution is 8.14. The van der Waals surface area contributed by atoms with Gasteiger partial charge in [0.1, 0.15) is 0 Å². The number of para-hydroxylation sites is 1. The fourth-order valence-electron chi connectivity index (χ4n) is 1.93. The van der Waals surface area contributed by atoms with Crippen LogP contribution in [0.5, 0.6) is 0 Å². The van der Waals surface area contributed by atoms with E-state index < -0.39 is 0 Å². The molecule has 1 aromatic rings. The largest absolute Gasteiger partial charge is 0.370 e. The number of benzene rings is 1. The smallest absolute Gasteiger partial charge is 0.186 e. The zero-order valence-electron chi connectivity index (χ0n) is 8.85. The molecule has 1 aliphatic heterocycles. The number of carbonyl (C=O) groups is 1. The van der Waals surface area contributed by atoms with E-state index in [1.807, 2.05) is 6.07 Å². The first-order valence-corrected chi connectivity index (χ1v) is 6.11. The maximum atomic E-state index is 11.0. The third-order valence-corrected chi connectivity index (χ3v) is 3.65. The van der Waals surface area contributed by atoms with Gasteiger partial charge in [-0.1, -0.05) is 30.0 Å². The average molecular weight is 221 g/mol. The minimum absolute atomic E-state index is 0.231. The molecule has 0 aliphatic carbocycles. The Kier molecular flexibility index (Phi) is 3.31. The van der Waals surface area contributed by atoms with Crippen LogP contribution in [0.4, 0.5) is 5.69 Å². The summed E-state index contributed by atoms with van der Waals surface area (Å²) < 4.78 is 0. The second-order valence-electron chi connectivity index (χ2n) is 3.80. The summed E-state index contributed by atoms with van der Waals surface area (Å²) in [6, 6.07) is 10.4. The van der Waals surface area contributed by atoms with Crippen LogP contribution in [-0.4, -0.2) is 23.5 Å². The van der Waals surface area contributed by atoms with Gasteiger partial charge in [-0.3, -0.25) is 4.79 Å². The van der Waals surface area contributed by atoms with Crippen molar-refractivity contribution < 1.29 is 4.79 Å². The molecule has 0 aromatic heterocycles. The Balaban J connectivity index is 1.96. The highest BCUT2D eigenvalue weighted by atomic mass is 32.2. The van der Waals surface area contributed by atoms with Gasteiger partial charge in [-0.2, -0.15) is 0 Å². The van der Waals surface area contributed by atoms with Gasteiger partial charge in [0.15, 0.2) is 5.12 Å². The zero-order valence-corrected chi connectivity index (χ0v) is 9.67. The molecule has 0 spiro atoms. The van der Waals surface area contributed by atoms with E-state index in [0.29, 0.717) is 5.25 Å². The van der Waals surface area contributed by atoms with Crippen LogP contribution < -0.4 is 4.90 Å². The standard InChI is InChI=1S/C12H15NOS/c1-10(14)15-12-7-8-13(9-12)11-5-3-2-4-6-11/h2-6,12H,7-9H2,1H3. The van der Waals surface area contributed by atoms with Crippen LogP contribution in [0.3, 0.4) is 0 Å². The van der Waals surface area contributed by atoms with Crippen molar-refractivity contribution in [3.63, 3.8) is 0 Å². The van der Waals surface area contributed by atoms with E-state index in [0.717, 1.165) is 19.5 Å². The summed E-state index contributed by atoms with van der Waals surface area (Å²) in [4.78, 5) is 13.3. The Bertz CT molecular complexity index is 339. The second kappa shape index (κ2) is 4.71. The maximum Gasteiger partial charge on any atom is 0.186 e. The van der Waals surface area contributed by atoms with E-state index in [1.165, 1.54) is 17.4 Å². The molecule has 1 fully saturated rings. The fraction of sp³-hybridized carbons (Fsp3) is 0.417. The third kappa shape index (κ3) is 2.75. The van der Waals surface area contributed by atoms with Gasteiger partial charge in [-0.15, -0.1) is 0 Å². The molecule has 15 heavy (non-hydrogen) atoms. The lowest BCUT2D eigenvalue weighted by Gasteiger charge is -2.17. The van der Waals surface area contributed by atoms with Crippen LogP contribution in [0.2, 0.25) is 0 Å². The number of thioether (sulfide) groups is 1. The van der Waals surface area contributed by atoms with Crippen LogP contribution in [0.15, 0.2) is 30.3 Å². The monoisotopic (exact) mass is 221 g/mol. The molecule has 2 nitrogen and oxygen atoms in total. The minimum Gasteiger partial charge on any atom is -0.370 e. The van der Waals surface area contributed by atoms with E-state index in [4.69, 9.17) is 0 Å². The second-order valence-corrected chi connectivity index (χ2v) is 5.28. The Morgan fingerprint density at radius 2 is 2.13 bits per heavy atom. The number of carbonyl (C=O) groups excluding carboxylic acids is 1. The summed E-state index contributed by atoms with van der Waals surface area (Å²) in [5.41, 5.74) is 1.27. The van der Waals surface area contributed by atoms with Gasteiger partial charge in [-0.05, 0) is 18.6 Å². The zero-order chi connectivity index (χ0) is 10.7. The van der Waals surface area contributed by atoms with Gasteiger partial charge in [0.05, 0.1) is 0 Å².